The summed E-state index contributed by atoms with van der Waals surface area (Å²) < 4.78 is 10.5. The highest BCUT2D eigenvalue weighted by atomic mass is 16.5. The number of ketones is 1. The molecule has 104 valence electrons. The Balaban J connectivity index is 1.93. The fourth-order valence-corrected chi connectivity index (χ4v) is 1.71. The highest BCUT2D eigenvalue weighted by Gasteiger charge is 2.08. The number of rotatable bonds is 6. The molecule has 5 nitrogen and oxygen atoms in total. The van der Waals surface area contributed by atoms with Gasteiger partial charge in [0.15, 0.2) is 0 Å². The number of Topliss-reactive ketones (excluding diaryl/α,β-unsaturated/α-hetero) is 1. The van der Waals surface area contributed by atoms with Crippen LogP contribution in [0.3, 0.4) is 0 Å². The summed E-state index contributed by atoms with van der Waals surface area (Å²) in [6, 6.07) is 8.59. The third-order valence-corrected chi connectivity index (χ3v) is 2.66. The van der Waals surface area contributed by atoms with E-state index in [1.54, 1.807) is 19.1 Å². The number of aromatic carboxylic acids is 1. The molecule has 20 heavy (non-hydrogen) atoms. The van der Waals surface area contributed by atoms with Gasteiger partial charge in [0.05, 0.1) is 5.56 Å². The molecule has 0 bridgehead atoms. The number of carbonyl (C=O) groups is 2. The maximum Gasteiger partial charge on any atom is 0.338 e. The first-order chi connectivity index (χ1) is 9.54. The van der Waals surface area contributed by atoms with Crippen molar-refractivity contribution in [3.8, 4) is 5.75 Å². The Hall–Kier alpha value is -2.56. The number of carboxylic acids is 1. The van der Waals surface area contributed by atoms with Crippen molar-refractivity contribution in [3.05, 3.63) is 53.5 Å². The van der Waals surface area contributed by atoms with Crippen molar-refractivity contribution >= 4 is 11.8 Å². The minimum atomic E-state index is -1.03. The average molecular weight is 274 g/mol. The summed E-state index contributed by atoms with van der Waals surface area (Å²) in [5.41, 5.74) is 1.02. The van der Waals surface area contributed by atoms with Gasteiger partial charge in [-0.3, -0.25) is 4.79 Å². The molecule has 0 aliphatic heterocycles. The summed E-state index contributed by atoms with van der Waals surface area (Å²) in [5.74, 6) is 0.143. The van der Waals surface area contributed by atoms with Crippen LogP contribution in [0.15, 0.2) is 41.0 Å². The van der Waals surface area contributed by atoms with Crippen LogP contribution in [0.25, 0.3) is 0 Å². The SMILES string of the molecule is CC(=O)Cc1ccc(OCc2cc(C(=O)O)co2)cc1. The van der Waals surface area contributed by atoms with E-state index in [2.05, 4.69) is 0 Å². The van der Waals surface area contributed by atoms with E-state index in [0.29, 0.717) is 17.9 Å². The molecule has 0 atom stereocenters. The smallest absolute Gasteiger partial charge is 0.338 e. The largest absolute Gasteiger partial charge is 0.486 e. The molecule has 1 aromatic heterocycles. The molecule has 5 heteroatoms. The minimum absolute atomic E-state index is 0.0976. The summed E-state index contributed by atoms with van der Waals surface area (Å²) in [7, 11) is 0. The second kappa shape index (κ2) is 6.06. The van der Waals surface area contributed by atoms with Crippen molar-refractivity contribution in [2.75, 3.05) is 0 Å². The van der Waals surface area contributed by atoms with Crippen molar-refractivity contribution in [1.29, 1.82) is 0 Å². The molecule has 1 aromatic carbocycles. The molecule has 0 fully saturated rings. The lowest BCUT2D eigenvalue weighted by Crippen LogP contribution is -1.97. The molecule has 1 heterocycles. The topological polar surface area (TPSA) is 76.7 Å². The van der Waals surface area contributed by atoms with Crippen LogP contribution in [0.5, 0.6) is 5.75 Å². The number of benzene rings is 1. The van der Waals surface area contributed by atoms with Gasteiger partial charge in [-0.1, -0.05) is 12.1 Å². The molecule has 0 radical (unpaired) electrons. The number of hydrogen-bond acceptors (Lipinski definition) is 4. The van der Waals surface area contributed by atoms with Gasteiger partial charge in [0.25, 0.3) is 0 Å². The molecule has 0 amide bonds. The van der Waals surface area contributed by atoms with Crippen molar-refractivity contribution in [1.82, 2.24) is 0 Å². The summed E-state index contributed by atoms with van der Waals surface area (Å²) in [4.78, 5) is 21.7. The van der Waals surface area contributed by atoms with Gasteiger partial charge in [-0.05, 0) is 30.7 Å². The lowest BCUT2D eigenvalue weighted by atomic mass is 10.1. The summed E-state index contributed by atoms with van der Waals surface area (Å²) in [5, 5.41) is 8.76. The Labute approximate surface area is 115 Å². The van der Waals surface area contributed by atoms with E-state index in [1.165, 1.54) is 12.3 Å². The number of carbonyl (C=O) groups excluding carboxylic acids is 1. The first-order valence-electron chi connectivity index (χ1n) is 6.06. The molecule has 0 aliphatic carbocycles. The number of ether oxygens (including phenoxy) is 1. The quantitative estimate of drug-likeness (QED) is 0.876. The average Bonchev–Trinajstić information content (AvgIpc) is 2.86. The molecular formula is C15H14O5. The molecule has 0 saturated carbocycles. The minimum Gasteiger partial charge on any atom is -0.486 e. The van der Waals surface area contributed by atoms with Gasteiger partial charge >= 0.3 is 5.97 Å². The highest BCUT2D eigenvalue weighted by molar-refractivity contribution is 5.87. The van der Waals surface area contributed by atoms with E-state index >= 15 is 0 Å². The maximum atomic E-state index is 11.0. The van der Waals surface area contributed by atoms with Crippen LogP contribution in [0.4, 0.5) is 0 Å². The van der Waals surface area contributed by atoms with E-state index in [9.17, 15) is 9.59 Å². The van der Waals surface area contributed by atoms with Crippen LogP contribution in [0, 0.1) is 0 Å². The fraction of sp³-hybridized carbons (Fsp3) is 0.200. The van der Waals surface area contributed by atoms with Crippen LogP contribution >= 0.6 is 0 Å². The molecule has 1 N–H and O–H groups in total. The number of carboxylic acid groups (broad SMARTS) is 1. The number of hydrogen-bond donors (Lipinski definition) is 1. The summed E-state index contributed by atoms with van der Waals surface area (Å²) in [6.45, 7) is 1.70. The van der Waals surface area contributed by atoms with Crippen molar-refractivity contribution < 1.29 is 23.8 Å². The summed E-state index contributed by atoms with van der Waals surface area (Å²) in [6.07, 6.45) is 1.58. The molecule has 0 saturated heterocycles. The van der Waals surface area contributed by atoms with Crippen molar-refractivity contribution in [3.63, 3.8) is 0 Å². The molecule has 0 spiro atoms. The van der Waals surface area contributed by atoms with Gasteiger partial charge < -0.3 is 14.3 Å². The first kappa shape index (κ1) is 13.9. The monoisotopic (exact) mass is 274 g/mol. The van der Waals surface area contributed by atoms with E-state index in [-0.39, 0.29) is 18.0 Å². The molecule has 0 aliphatic rings. The Bertz CT molecular complexity index is 609. The zero-order valence-electron chi connectivity index (χ0n) is 11.0. The van der Waals surface area contributed by atoms with E-state index in [1.807, 2.05) is 12.1 Å². The Kier molecular flexibility index (Phi) is 4.20. The van der Waals surface area contributed by atoms with E-state index < -0.39 is 5.97 Å². The highest BCUT2D eigenvalue weighted by Crippen LogP contribution is 2.16. The van der Waals surface area contributed by atoms with E-state index in [0.717, 1.165) is 5.56 Å². The third kappa shape index (κ3) is 3.71. The zero-order valence-corrected chi connectivity index (χ0v) is 11.0. The standard InChI is InChI=1S/C15H14O5/c1-10(16)6-11-2-4-13(5-3-11)20-9-14-7-12(8-19-14)15(17)18/h2-5,7-8H,6,9H2,1H3,(H,17,18). The first-order valence-corrected chi connectivity index (χ1v) is 6.06. The summed E-state index contributed by atoms with van der Waals surface area (Å²) >= 11 is 0. The van der Waals surface area contributed by atoms with Gasteiger partial charge in [-0.2, -0.15) is 0 Å². The second-order valence-corrected chi connectivity index (χ2v) is 4.42. The normalized spacial score (nSPS) is 10.2. The van der Waals surface area contributed by atoms with Gasteiger partial charge in [0, 0.05) is 6.42 Å². The van der Waals surface area contributed by atoms with Gasteiger partial charge in [0.2, 0.25) is 0 Å². The van der Waals surface area contributed by atoms with Crippen LogP contribution < -0.4 is 4.74 Å². The predicted octanol–water partition coefficient (Wildman–Crippen LogP) is 2.69. The fourth-order valence-electron chi connectivity index (χ4n) is 1.71. The molecular weight excluding hydrogens is 260 g/mol. The van der Waals surface area contributed by atoms with Crippen molar-refractivity contribution in [2.24, 2.45) is 0 Å². The molecule has 2 aromatic rings. The third-order valence-electron chi connectivity index (χ3n) is 2.66. The van der Waals surface area contributed by atoms with Gasteiger partial charge in [0.1, 0.15) is 30.2 Å². The van der Waals surface area contributed by atoms with Crippen LogP contribution in [-0.2, 0) is 17.8 Å². The van der Waals surface area contributed by atoms with Crippen LogP contribution in [0.2, 0.25) is 0 Å². The lowest BCUT2D eigenvalue weighted by molar-refractivity contribution is -0.116. The Morgan fingerprint density at radius 1 is 1.25 bits per heavy atom. The van der Waals surface area contributed by atoms with Crippen LogP contribution in [-0.4, -0.2) is 16.9 Å². The predicted molar refractivity (Wildman–Crippen MR) is 70.8 cm³/mol. The Morgan fingerprint density at radius 2 is 1.95 bits per heavy atom. The van der Waals surface area contributed by atoms with Crippen LogP contribution in [0.1, 0.15) is 28.6 Å². The lowest BCUT2D eigenvalue weighted by Gasteiger charge is -2.05. The Morgan fingerprint density at radius 3 is 2.50 bits per heavy atom. The maximum absolute atomic E-state index is 11.0. The van der Waals surface area contributed by atoms with Crippen molar-refractivity contribution in [2.45, 2.75) is 20.0 Å². The molecule has 0 unspecified atom stereocenters. The second-order valence-electron chi connectivity index (χ2n) is 4.42. The zero-order chi connectivity index (χ0) is 14.5. The van der Waals surface area contributed by atoms with E-state index in [4.69, 9.17) is 14.3 Å². The van der Waals surface area contributed by atoms with Gasteiger partial charge in [-0.15, -0.1) is 0 Å². The number of furan rings is 1. The van der Waals surface area contributed by atoms with Gasteiger partial charge in [-0.25, -0.2) is 4.79 Å². The molecule has 2 rings (SSSR count).